The van der Waals surface area contributed by atoms with Crippen molar-refractivity contribution >= 4 is 0 Å². The summed E-state index contributed by atoms with van der Waals surface area (Å²) in [7, 11) is 0. The fraction of sp³-hybridized carbons (Fsp3) is 0.333. The molecule has 2 aromatic carbocycles. The molecule has 2 atom stereocenters. The van der Waals surface area contributed by atoms with Crippen LogP contribution < -0.4 is 0 Å². The second-order valence-electron chi connectivity index (χ2n) is 6.09. The van der Waals surface area contributed by atoms with Crippen molar-refractivity contribution in [3.63, 3.8) is 0 Å². The van der Waals surface area contributed by atoms with Crippen molar-refractivity contribution in [3.8, 4) is 11.5 Å². The van der Waals surface area contributed by atoms with Crippen LogP contribution in [0.2, 0.25) is 0 Å². The van der Waals surface area contributed by atoms with E-state index in [2.05, 4.69) is 13.8 Å². The topological polar surface area (TPSA) is 40.5 Å². The van der Waals surface area contributed by atoms with E-state index in [9.17, 15) is 10.2 Å². The van der Waals surface area contributed by atoms with Crippen LogP contribution in [0, 0.1) is 0 Å². The molecule has 0 bridgehead atoms. The lowest BCUT2D eigenvalue weighted by Gasteiger charge is -2.39. The fourth-order valence-corrected chi connectivity index (χ4v) is 3.38. The molecule has 104 valence electrons. The first-order chi connectivity index (χ1) is 9.50. The molecule has 2 aromatic rings. The summed E-state index contributed by atoms with van der Waals surface area (Å²) < 4.78 is 0. The molecule has 0 spiro atoms. The standard InChI is InChI=1S/C18H20O2/c1-12-9-10-18(2,13-3-5-14(19)6-4-13)17-8-7-15(20)11-16(12)17/h3-8,11-12,19-20H,9-10H2,1-2H3. The minimum absolute atomic E-state index is 0.0523. The van der Waals surface area contributed by atoms with Crippen molar-refractivity contribution in [1.82, 2.24) is 0 Å². The van der Waals surface area contributed by atoms with Crippen LogP contribution in [-0.4, -0.2) is 10.2 Å². The van der Waals surface area contributed by atoms with E-state index in [1.165, 1.54) is 16.7 Å². The monoisotopic (exact) mass is 268 g/mol. The van der Waals surface area contributed by atoms with Crippen LogP contribution in [0.25, 0.3) is 0 Å². The van der Waals surface area contributed by atoms with Crippen LogP contribution in [0.1, 0.15) is 49.3 Å². The summed E-state index contributed by atoms with van der Waals surface area (Å²) in [5, 5.41) is 19.2. The van der Waals surface area contributed by atoms with Crippen molar-refractivity contribution in [2.75, 3.05) is 0 Å². The molecule has 2 unspecified atom stereocenters. The lowest BCUT2D eigenvalue weighted by atomic mass is 9.65. The second kappa shape index (κ2) is 4.55. The number of rotatable bonds is 1. The highest BCUT2D eigenvalue weighted by molar-refractivity contribution is 5.49. The first-order valence-corrected chi connectivity index (χ1v) is 7.13. The maximum absolute atomic E-state index is 9.75. The molecule has 0 aliphatic heterocycles. The number of benzene rings is 2. The summed E-state index contributed by atoms with van der Waals surface area (Å²) in [5.41, 5.74) is 3.70. The van der Waals surface area contributed by atoms with Gasteiger partial charge in [0.05, 0.1) is 0 Å². The molecule has 0 fully saturated rings. The van der Waals surface area contributed by atoms with Gasteiger partial charge in [-0.25, -0.2) is 0 Å². The van der Waals surface area contributed by atoms with Gasteiger partial charge in [-0.2, -0.15) is 0 Å². The van der Waals surface area contributed by atoms with Gasteiger partial charge in [0, 0.05) is 5.41 Å². The zero-order valence-electron chi connectivity index (χ0n) is 11.9. The predicted octanol–water partition coefficient (Wildman–Crippen LogP) is 4.30. The predicted molar refractivity (Wildman–Crippen MR) is 80.3 cm³/mol. The molecule has 2 heteroatoms. The van der Waals surface area contributed by atoms with Crippen molar-refractivity contribution in [3.05, 3.63) is 59.2 Å². The molecule has 2 nitrogen and oxygen atoms in total. The lowest BCUT2D eigenvalue weighted by Crippen LogP contribution is -2.30. The third-order valence-electron chi connectivity index (χ3n) is 4.74. The minimum Gasteiger partial charge on any atom is -0.508 e. The van der Waals surface area contributed by atoms with Crippen molar-refractivity contribution < 1.29 is 10.2 Å². The summed E-state index contributed by atoms with van der Waals surface area (Å²) in [6.45, 7) is 4.47. The van der Waals surface area contributed by atoms with Crippen molar-refractivity contribution in [1.29, 1.82) is 0 Å². The summed E-state index contributed by atoms with van der Waals surface area (Å²) in [4.78, 5) is 0. The average Bonchev–Trinajstić information content (AvgIpc) is 2.44. The number of hydrogen-bond acceptors (Lipinski definition) is 2. The third kappa shape index (κ3) is 1.96. The van der Waals surface area contributed by atoms with Gasteiger partial charge >= 0.3 is 0 Å². The first kappa shape index (κ1) is 13.0. The SMILES string of the molecule is CC1CCC(C)(c2ccc(O)cc2)c2ccc(O)cc21. The van der Waals surface area contributed by atoms with E-state index in [0.717, 1.165) is 12.8 Å². The van der Waals surface area contributed by atoms with E-state index in [1.54, 1.807) is 18.2 Å². The number of hydrogen-bond donors (Lipinski definition) is 2. The Morgan fingerprint density at radius 3 is 2.35 bits per heavy atom. The average molecular weight is 268 g/mol. The molecule has 3 rings (SSSR count). The Kier molecular flexibility index (Phi) is 2.97. The molecular weight excluding hydrogens is 248 g/mol. The first-order valence-electron chi connectivity index (χ1n) is 7.13. The normalized spacial score (nSPS) is 25.2. The van der Waals surface area contributed by atoms with Gasteiger partial charge in [-0.05, 0) is 59.7 Å². The molecular formula is C18H20O2. The van der Waals surface area contributed by atoms with E-state index >= 15 is 0 Å². The van der Waals surface area contributed by atoms with Crippen LogP contribution in [-0.2, 0) is 5.41 Å². The maximum atomic E-state index is 9.75. The van der Waals surface area contributed by atoms with Gasteiger partial charge in [0.1, 0.15) is 11.5 Å². The molecule has 0 saturated heterocycles. The minimum atomic E-state index is -0.0523. The smallest absolute Gasteiger partial charge is 0.115 e. The van der Waals surface area contributed by atoms with Gasteiger partial charge in [-0.1, -0.05) is 32.0 Å². The summed E-state index contributed by atoms with van der Waals surface area (Å²) >= 11 is 0. The van der Waals surface area contributed by atoms with Crippen molar-refractivity contribution in [2.24, 2.45) is 0 Å². The highest BCUT2D eigenvalue weighted by atomic mass is 16.3. The van der Waals surface area contributed by atoms with E-state index in [-0.39, 0.29) is 5.41 Å². The van der Waals surface area contributed by atoms with Crippen molar-refractivity contribution in [2.45, 2.75) is 38.0 Å². The van der Waals surface area contributed by atoms with E-state index in [0.29, 0.717) is 17.4 Å². The van der Waals surface area contributed by atoms with Crippen LogP contribution in [0.5, 0.6) is 11.5 Å². The molecule has 0 heterocycles. The van der Waals surface area contributed by atoms with E-state index in [4.69, 9.17) is 0 Å². The second-order valence-corrected chi connectivity index (χ2v) is 6.09. The van der Waals surface area contributed by atoms with Crippen LogP contribution in [0.3, 0.4) is 0 Å². The van der Waals surface area contributed by atoms with Gasteiger partial charge in [0.2, 0.25) is 0 Å². The summed E-state index contributed by atoms with van der Waals surface area (Å²) in [6.07, 6.45) is 2.19. The Hall–Kier alpha value is -1.96. The number of aromatic hydroxyl groups is 2. The van der Waals surface area contributed by atoms with E-state index < -0.39 is 0 Å². The zero-order chi connectivity index (χ0) is 14.3. The quantitative estimate of drug-likeness (QED) is 0.809. The number of phenols is 2. The summed E-state index contributed by atoms with van der Waals surface area (Å²) in [6, 6.07) is 13.2. The molecule has 1 aliphatic carbocycles. The Bertz CT molecular complexity index is 630. The molecule has 1 aliphatic rings. The Morgan fingerprint density at radius 2 is 1.65 bits per heavy atom. The number of phenolic OH excluding ortho intramolecular Hbond substituents is 2. The molecule has 0 amide bonds. The molecule has 0 radical (unpaired) electrons. The molecule has 0 aromatic heterocycles. The lowest BCUT2D eigenvalue weighted by molar-refractivity contribution is 0.422. The largest absolute Gasteiger partial charge is 0.508 e. The van der Waals surface area contributed by atoms with E-state index in [1.807, 2.05) is 24.3 Å². The Balaban J connectivity index is 2.16. The van der Waals surface area contributed by atoms with Gasteiger partial charge in [-0.15, -0.1) is 0 Å². The van der Waals surface area contributed by atoms with Gasteiger partial charge in [0.15, 0.2) is 0 Å². The zero-order valence-corrected chi connectivity index (χ0v) is 11.9. The van der Waals surface area contributed by atoms with Gasteiger partial charge < -0.3 is 10.2 Å². The summed E-state index contributed by atoms with van der Waals surface area (Å²) in [5.74, 6) is 1.11. The third-order valence-corrected chi connectivity index (χ3v) is 4.74. The van der Waals surface area contributed by atoms with Crippen LogP contribution >= 0.6 is 0 Å². The Morgan fingerprint density at radius 1 is 1.00 bits per heavy atom. The molecule has 20 heavy (non-hydrogen) atoms. The molecule has 0 saturated carbocycles. The maximum Gasteiger partial charge on any atom is 0.115 e. The van der Waals surface area contributed by atoms with Gasteiger partial charge in [0.25, 0.3) is 0 Å². The Labute approximate surface area is 119 Å². The van der Waals surface area contributed by atoms with Crippen LogP contribution in [0.15, 0.2) is 42.5 Å². The highest BCUT2D eigenvalue weighted by Crippen LogP contribution is 2.47. The van der Waals surface area contributed by atoms with Crippen LogP contribution in [0.4, 0.5) is 0 Å². The number of fused-ring (bicyclic) bond motifs is 1. The highest BCUT2D eigenvalue weighted by Gasteiger charge is 2.36. The molecule has 2 N–H and O–H groups in total. The van der Waals surface area contributed by atoms with Gasteiger partial charge in [-0.3, -0.25) is 0 Å². The fourth-order valence-electron chi connectivity index (χ4n) is 3.38.